The third-order valence-electron chi connectivity index (χ3n) is 7.69. The van der Waals surface area contributed by atoms with Crippen LogP contribution in [0.1, 0.15) is 53.5 Å². The van der Waals surface area contributed by atoms with Gasteiger partial charge in [0.05, 0.1) is 11.3 Å². The standard InChI is InChI=1S/C25H32BrFN2O3SSi/c1-16(2)34(17(3)4,18(5)6)29-21-14-10-13-20(26)23(21)25(27)15-22(30)28(24(25)29)33(31,32)19-11-8-7-9-12-19/h7-14,16-18,24H,15H2,1-6H3/t24-,25-/m1/s1. The van der Waals surface area contributed by atoms with Gasteiger partial charge in [0.25, 0.3) is 10.0 Å². The van der Waals surface area contributed by atoms with Crippen molar-refractivity contribution in [3.63, 3.8) is 0 Å². The number of anilines is 1. The molecule has 0 aromatic heterocycles. The Bertz CT molecular complexity index is 1200. The van der Waals surface area contributed by atoms with E-state index in [-0.39, 0.29) is 21.5 Å². The third-order valence-corrected chi connectivity index (χ3v) is 17.0. The highest BCUT2D eigenvalue weighted by atomic mass is 79.9. The van der Waals surface area contributed by atoms with Crippen LogP contribution in [0.2, 0.25) is 16.6 Å². The maximum atomic E-state index is 17.3. The molecule has 1 amide bonds. The quantitative estimate of drug-likeness (QED) is 0.371. The van der Waals surface area contributed by atoms with Crippen LogP contribution in [0, 0.1) is 0 Å². The Hall–Kier alpha value is -1.71. The molecule has 0 bridgehead atoms. The van der Waals surface area contributed by atoms with Crippen molar-refractivity contribution < 1.29 is 17.6 Å². The zero-order valence-electron chi connectivity index (χ0n) is 20.4. The molecule has 0 saturated carbocycles. The fourth-order valence-electron chi connectivity index (χ4n) is 6.72. The van der Waals surface area contributed by atoms with E-state index >= 15 is 4.39 Å². The van der Waals surface area contributed by atoms with Crippen molar-refractivity contribution >= 4 is 45.8 Å². The number of hydrogen-bond acceptors (Lipinski definition) is 4. The summed E-state index contributed by atoms with van der Waals surface area (Å²) < 4.78 is 48.5. The molecule has 2 aromatic rings. The molecule has 2 atom stereocenters. The predicted octanol–water partition coefficient (Wildman–Crippen LogP) is 6.56. The normalized spacial score (nSPS) is 22.8. The average Bonchev–Trinajstić information content (AvgIpc) is 3.15. The van der Waals surface area contributed by atoms with Crippen molar-refractivity contribution in [1.29, 1.82) is 0 Å². The average molecular weight is 568 g/mol. The van der Waals surface area contributed by atoms with Gasteiger partial charge in [-0.2, -0.15) is 0 Å². The van der Waals surface area contributed by atoms with Crippen LogP contribution < -0.4 is 4.57 Å². The van der Waals surface area contributed by atoms with E-state index in [4.69, 9.17) is 0 Å². The van der Waals surface area contributed by atoms with Gasteiger partial charge in [-0.1, -0.05) is 81.7 Å². The lowest BCUT2D eigenvalue weighted by Crippen LogP contribution is -2.67. The molecule has 0 unspecified atom stereocenters. The van der Waals surface area contributed by atoms with Gasteiger partial charge in [-0.15, -0.1) is 0 Å². The summed E-state index contributed by atoms with van der Waals surface area (Å²) in [5, 5.41) is 0. The topological polar surface area (TPSA) is 57.7 Å². The molecular formula is C25H32BrFN2O3SSi. The minimum Gasteiger partial charge on any atom is -0.373 e. The molecule has 2 aliphatic rings. The summed E-state index contributed by atoms with van der Waals surface area (Å²) in [6.45, 7) is 12.9. The summed E-state index contributed by atoms with van der Waals surface area (Å²) in [5.41, 5.74) is -0.523. The van der Waals surface area contributed by atoms with Gasteiger partial charge in [-0.3, -0.25) is 4.79 Å². The van der Waals surface area contributed by atoms with E-state index in [0.717, 1.165) is 4.31 Å². The second-order valence-electron chi connectivity index (χ2n) is 10.3. The molecule has 4 rings (SSSR count). The van der Waals surface area contributed by atoms with Gasteiger partial charge in [0.2, 0.25) is 5.91 Å². The molecule has 0 spiro atoms. The predicted molar refractivity (Wildman–Crippen MR) is 139 cm³/mol. The van der Waals surface area contributed by atoms with Gasteiger partial charge >= 0.3 is 0 Å². The second-order valence-corrected chi connectivity index (χ2v) is 18.7. The lowest BCUT2D eigenvalue weighted by molar-refractivity contribution is -0.124. The van der Waals surface area contributed by atoms with E-state index in [1.807, 2.05) is 12.1 Å². The van der Waals surface area contributed by atoms with Gasteiger partial charge < -0.3 is 4.57 Å². The summed E-state index contributed by atoms with van der Waals surface area (Å²) in [7, 11) is -6.91. The number of carbonyl (C=O) groups is 1. The summed E-state index contributed by atoms with van der Waals surface area (Å²) in [6.07, 6.45) is -1.76. The van der Waals surface area contributed by atoms with E-state index in [0.29, 0.717) is 15.7 Å². The van der Waals surface area contributed by atoms with Crippen LogP contribution in [0.4, 0.5) is 10.1 Å². The molecule has 0 radical (unpaired) electrons. The van der Waals surface area contributed by atoms with Gasteiger partial charge in [-0.25, -0.2) is 17.1 Å². The van der Waals surface area contributed by atoms with Gasteiger partial charge in [0.1, 0.15) is 0 Å². The second kappa shape index (κ2) is 8.45. The molecule has 2 aliphatic heterocycles. The fourth-order valence-corrected chi connectivity index (χ4v) is 16.1. The van der Waals surface area contributed by atoms with Crippen molar-refractivity contribution in [3.05, 3.63) is 58.6 Å². The van der Waals surface area contributed by atoms with Gasteiger partial charge in [0.15, 0.2) is 20.1 Å². The van der Waals surface area contributed by atoms with Crippen molar-refractivity contribution in [2.75, 3.05) is 4.57 Å². The molecule has 2 heterocycles. The van der Waals surface area contributed by atoms with Crippen molar-refractivity contribution in [3.8, 4) is 0 Å². The molecule has 1 fully saturated rings. The summed E-state index contributed by atoms with van der Waals surface area (Å²) in [6, 6.07) is 13.4. The molecule has 0 N–H and O–H groups in total. The minimum absolute atomic E-state index is 0.00604. The molecule has 2 aromatic carbocycles. The number of hydrogen-bond donors (Lipinski definition) is 0. The van der Waals surface area contributed by atoms with Gasteiger partial charge in [0, 0.05) is 15.7 Å². The lowest BCUT2D eigenvalue weighted by Gasteiger charge is -2.54. The first-order valence-corrected chi connectivity index (χ1v) is 16.1. The maximum Gasteiger partial charge on any atom is 0.268 e. The SMILES string of the molecule is CC(C)[Si](C(C)C)(C(C)C)N1c2cccc(Br)c2[C@]2(F)CC(=O)N(S(=O)(=O)c3ccccc3)[C@H]12. The zero-order chi connectivity index (χ0) is 25.2. The largest absolute Gasteiger partial charge is 0.373 e. The maximum absolute atomic E-state index is 17.3. The van der Waals surface area contributed by atoms with Crippen molar-refractivity contribution in [2.24, 2.45) is 0 Å². The summed E-state index contributed by atoms with van der Waals surface area (Å²) in [4.78, 5) is 13.4. The Morgan fingerprint density at radius 2 is 1.53 bits per heavy atom. The molecule has 5 nitrogen and oxygen atoms in total. The lowest BCUT2D eigenvalue weighted by atomic mass is 9.95. The van der Waals surface area contributed by atoms with E-state index in [9.17, 15) is 13.2 Å². The molecule has 34 heavy (non-hydrogen) atoms. The van der Waals surface area contributed by atoms with Crippen LogP contribution in [-0.4, -0.2) is 33.0 Å². The Kier molecular flexibility index (Phi) is 6.31. The number of nitrogens with zero attached hydrogens (tertiary/aromatic N) is 2. The summed E-state index contributed by atoms with van der Waals surface area (Å²) in [5.74, 6) is -0.707. The van der Waals surface area contributed by atoms with E-state index < -0.39 is 42.4 Å². The zero-order valence-corrected chi connectivity index (χ0v) is 23.8. The first-order valence-electron chi connectivity index (χ1n) is 11.7. The monoisotopic (exact) mass is 566 g/mol. The van der Waals surface area contributed by atoms with E-state index in [2.05, 4.69) is 62.0 Å². The highest BCUT2D eigenvalue weighted by molar-refractivity contribution is 9.10. The van der Waals surface area contributed by atoms with Crippen LogP contribution in [-0.2, 0) is 20.5 Å². The number of amides is 1. The van der Waals surface area contributed by atoms with Crippen LogP contribution in [0.25, 0.3) is 0 Å². The first kappa shape index (κ1) is 25.4. The number of fused-ring (bicyclic) bond motifs is 3. The number of halogens is 2. The van der Waals surface area contributed by atoms with Crippen LogP contribution in [0.15, 0.2) is 57.9 Å². The Balaban J connectivity index is 2.07. The number of benzene rings is 2. The van der Waals surface area contributed by atoms with E-state index in [1.54, 1.807) is 24.3 Å². The number of carbonyl (C=O) groups excluding carboxylic acids is 1. The highest BCUT2D eigenvalue weighted by Gasteiger charge is 2.69. The molecular weight excluding hydrogens is 535 g/mol. The molecule has 184 valence electrons. The Morgan fingerprint density at radius 3 is 2.06 bits per heavy atom. The smallest absolute Gasteiger partial charge is 0.268 e. The Morgan fingerprint density at radius 1 is 0.971 bits per heavy atom. The van der Waals surface area contributed by atoms with Crippen LogP contribution >= 0.6 is 15.9 Å². The first-order chi connectivity index (χ1) is 15.8. The minimum atomic E-state index is -4.27. The van der Waals surface area contributed by atoms with Gasteiger partial charge in [-0.05, 0) is 40.9 Å². The number of alkyl halides is 1. The van der Waals surface area contributed by atoms with E-state index in [1.165, 1.54) is 12.1 Å². The summed E-state index contributed by atoms with van der Waals surface area (Å²) >= 11 is 3.53. The van der Waals surface area contributed by atoms with Crippen molar-refractivity contribution in [2.45, 2.75) is 81.3 Å². The van der Waals surface area contributed by atoms with Crippen LogP contribution in [0.5, 0.6) is 0 Å². The molecule has 9 heteroatoms. The third kappa shape index (κ3) is 3.26. The number of rotatable bonds is 6. The van der Waals surface area contributed by atoms with Crippen LogP contribution in [0.3, 0.4) is 0 Å². The highest BCUT2D eigenvalue weighted by Crippen LogP contribution is 2.61. The Labute approximate surface area is 211 Å². The molecule has 0 aliphatic carbocycles. The molecule has 1 saturated heterocycles. The number of sulfonamides is 1. The van der Waals surface area contributed by atoms with Crippen molar-refractivity contribution in [1.82, 2.24) is 4.31 Å². The fraction of sp³-hybridized carbons (Fsp3) is 0.480.